The highest BCUT2D eigenvalue weighted by Crippen LogP contribution is 2.41. The first kappa shape index (κ1) is 11.3. The molecule has 2 heterocycles. The summed E-state index contributed by atoms with van der Waals surface area (Å²) in [6.07, 6.45) is 9.86. The molecule has 0 saturated heterocycles. The Balaban J connectivity index is 0.000000478. The van der Waals surface area contributed by atoms with E-state index >= 15 is 0 Å². The van der Waals surface area contributed by atoms with E-state index in [1.807, 2.05) is 26.2 Å². The van der Waals surface area contributed by atoms with Gasteiger partial charge in [0.15, 0.2) is 11.4 Å². The molecule has 0 aromatic carbocycles. The average molecular weight is 242 g/mol. The van der Waals surface area contributed by atoms with Crippen molar-refractivity contribution in [2.45, 2.75) is 20.3 Å². The molecule has 94 valence electrons. The highest BCUT2D eigenvalue weighted by molar-refractivity contribution is 5.58. The zero-order valence-corrected chi connectivity index (χ0v) is 11.1. The maximum atomic E-state index is 5.38. The molecular formula is C15H18N2O. The van der Waals surface area contributed by atoms with Gasteiger partial charge < -0.3 is 4.74 Å². The fraction of sp³-hybridized carbons (Fsp3) is 0.400. The maximum Gasteiger partial charge on any atom is 0.180 e. The number of methoxy groups -OCH3 is 1. The molecule has 2 aromatic heterocycles. The molecule has 2 aromatic rings. The van der Waals surface area contributed by atoms with Crippen LogP contribution in [0.4, 0.5) is 0 Å². The van der Waals surface area contributed by atoms with Gasteiger partial charge in [-0.15, -0.1) is 0 Å². The molecule has 4 rings (SSSR count). The Morgan fingerprint density at radius 1 is 1.28 bits per heavy atom. The van der Waals surface area contributed by atoms with Crippen LogP contribution in [0.5, 0.6) is 5.75 Å². The van der Waals surface area contributed by atoms with Crippen molar-refractivity contribution in [1.29, 1.82) is 0 Å². The normalized spacial score (nSPS) is 22.8. The molecule has 1 fully saturated rings. The summed E-state index contributed by atoms with van der Waals surface area (Å²) in [6.45, 7) is 4.00. The van der Waals surface area contributed by atoms with Crippen LogP contribution in [0.15, 0.2) is 18.5 Å². The zero-order chi connectivity index (χ0) is 12.7. The number of fused-ring (bicyclic) bond motifs is 4. The predicted octanol–water partition coefficient (Wildman–Crippen LogP) is 1.58. The standard InChI is InChI=1S/C13H12N2O.C2H6/c1-16-12-7-10-5-8-4-9(8)6-11(10)15-3-2-14-13(12)15;1-2/h2-3,5-9H,4H2,1H3;1-2H3. The van der Waals surface area contributed by atoms with Gasteiger partial charge in [-0.3, -0.25) is 4.40 Å². The van der Waals surface area contributed by atoms with E-state index in [0.29, 0.717) is 0 Å². The van der Waals surface area contributed by atoms with Crippen LogP contribution in [0, 0.1) is 11.8 Å². The molecule has 2 unspecified atom stereocenters. The molecule has 2 aliphatic carbocycles. The third kappa shape index (κ3) is 1.54. The van der Waals surface area contributed by atoms with E-state index in [0.717, 1.165) is 23.2 Å². The number of imidazole rings is 1. The van der Waals surface area contributed by atoms with E-state index in [2.05, 4.69) is 27.6 Å². The van der Waals surface area contributed by atoms with Crippen molar-refractivity contribution in [1.82, 2.24) is 9.38 Å². The summed E-state index contributed by atoms with van der Waals surface area (Å²) >= 11 is 0. The largest absolute Gasteiger partial charge is 0.493 e. The number of aromatic nitrogens is 2. The predicted molar refractivity (Wildman–Crippen MR) is 72.9 cm³/mol. The van der Waals surface area contributed by atoms with Crippen molar-refractivity contribution in [2.24, 2.45) is 11.8 Å². The van der Waals surface area contributed by atoms with Crippen LogP contribution in [0.1, 0.15) is 20.3 Å². The monoisotopic (exact) mass is 242 g/mol. The first-order valence-electron chi connectivity index (χ1n) is 6.60. The quantitative estimate of drug-likeness (QED) is 0.759. The lowest BCUT2D eigenvalue weighted by Gasteiger charge is -2.06. The second-order valence-electron chi connectivity index (χ2n) is 4.57. The minimum Gasteiger partial charge on any atom is -0.493 e. The lowest BCUT2D eigenvalue weighted by atomic mass is 10.1. The fourth-order valence-corrected chi connectivity index (χ4v) is 2.61. The minimum atomic E-state index is 0.756. The lowest BCUT2D eigenvalue weighted by Crippen LogP contribution is -2.33. The fourth-order valence-electron chi connectivity index (χ4n) is 2.61. The zero-order valence-electron chi connectivity index (χ0n) is 11.1. The van der Waals surface area contributed by atoms with Crippen LogP contribution >= 0.6 is 0 Å². The number of nitrogens with zero attached hydrogens (tertiary/aromatic N) is 2. The maximum absolute atomic E-state index is 5.38. The van der Waals surface area contributed by atoms with Gasteiger partial charge in [-0.25, -0.2) is 4.98 Å². The van der Waals surface area contributed by atoms with Gasteiger partial charge in [-0.05, 0) is 29.5 Å². The molecular weight excluding hydrogens is 224 g/mol. The number of rotatable bonds is 1. The van der Waals surface area contributed by atoms with Crippen LogP contribution in [-0.2, 0) is 0 Å². The van der Waals surface area contributed by atoms with E-state index < -0.39 is 0 Å². The smallest absolute Gasteiger partial charge is 0.180 e. The summed E-state index contributed by atoms with van der Waals surface area (Å²) in [4.78, 5) is 4.34. The Bertz CT molecular complexity index is 699. The van der Waals surface area contributed by atoms with Crippen molar-refractivity contribution in [3.63, 3.8) is 0 Å². The van der Waals surface area contributed by atoms with E-state index in [-0.39, 0.29) is 0 Å². The highest BCUT2D eigenvalue weighted by atomic mass is 16.5. The molecule has 0 aliphatic heterocycles. The summed E-state index contributed by atoms with van der Waals surface area (Å²) in [5.41, 5.74) is 0.907. The van der Waals surface area contributed by atoms with Gasteiger partial charge in [0.05, 0.1) is 12.5 Å². The summed E-state index contributed by atoms with van der Waals surface area (Å²) < 4.78 is 7.51. The SMILES string of the molecule is CC.COc1cc2c(n3ccnc13)=CC1CC1C=2. The molecule has 2 atom stereocenters. The Hall–Kier alpha value is -1.77. The van der Waals surface area contributed by atoms with Crippen molar-refractivity contribution in [3.05, 3.63) is 29.0 Å². The molecule has 0 bridgehead atoms. The van der Waals surface area contributed by atoms with Crippen molar-refractivity contribution in [3.8, 4) is 5.75 Å². The van der Waals surface area contributed by atoms with Gasteiger partial charge in [0, 0.05) is 12.4 Å². The van der Waals surface area contributed by atoms with Crippen molar-refractivity contribution in [2.75, 3.05) is 7.11 Å². The highest BCUT2D eigenvalue weighted by Gasteiger charge is 2.35. The third-order valence-corrected chi connectivity index (χ3v) is 3.58. The Morgan fingerprint density at radius 3 is 2.83 bits per heavy atom. The molecule has 18 heavy (non-hydrogen) atoms. The Labute approximate surface area is 106 Å². The van der Waals surface area contributed by atoms with E-state index in [1.165, 1.54) is 17.0 Å². The summed E-state index contributed by atoms with van der Waals surface area (Å²) in [7, 11) is 1.70. The molecule has 0 spiro atoms. The van der Waals surface area contributed by atoms with Crippen molar-refractivity contribution >= 4 is 17.8 Å². The Kier molecular flexibility index (Phi) is 2.62. The van der Waals surface area contributed by atoms with Crippen LogP contribution in [0.2, 0.25) is 0 Å². The molecule has 0 radical (unpaired) electrons. The molecule has 3 nitrogen and oxygen atoms in total. The van der Waals surface area contributed by atoms with Crippen LogP contribution in [0.3, 0.4) is 0 Å². The van der Waals surface area contributed by atoms with Gasteiger partial charge in [0.25, 0.3) is 0 Å². The summed E-state index contributed by atoms with van der Waals surface area (Å²) in [5, 5.41) is 2.55. The summed E-state index contributed by atoms with van der Waals surface area (Å²) in [5.74, 6) is 2.37. The Morgan fingerprint density at radius 2 is 2.06 bits per heavy atom. The second kappa shape index (κ2) is 4.16. The molecule has 0 N–H and O–H groups in total. The number of hydrogen-bond acceptors (Lipinski definition) is 2. The third-order valence-electron chi connectivity index (χ3n) is 3.58. The van der Waals surface area contributed by atoms with Crippen LogP contribution in [0.25, 0.3) is 17.8 Å². The minimum absolute atomic E-state index is 0.756. The van der Waals surface area contributed by atoms with Gasteiger partial charge in [0.1, 0.15) is 0 Å². The van der Waals surface area contributed by atoms with Crippen LogP contribution < -0.4 is 15.3 Å². The van der Waals surface area contributed by atoms with E-state index in [1.54, 1.807) is 7.11 Å². The molecule has 3 heteroatoms. The molecule has 1 saturated carbocycles. The van der Waals surface area contributed by atoms with E-state index in [4.69, 9.17) is 4.74 Å². The van der Waals surface area contributed by atoms with Gasteiger partial charge >= 0.3 is 0 Å². The van der Waals surface area contributed by atoms with Gasteiger partial charge in [-0.2, -0.15) is 0 Å². The van der Waals surface area contributed by atoms with Gasteiger partial charge in [0.2, 0.25) is 0 Å². The summed E-state index contributed by atoms with van der Waals surface area (Å²) in [6, 6.07) is 2.10. The van der Waals surface area contributed by atoms with E-state index in [9.17, 15) is 0 Å². The topological polar surface area (TPSA) is 26.5 Å². The molecule has 2 aliphatic rings. The molecule has 0 amide bonds. The first-order chi connectivity index (χ1) is 8.86. The number of ether oxygens (including phenoxy) is 1. The van der Waals surface area contributed by atoms with Crippen molar-refractivity contribution < 1.29 is 4.74 Å². The number of hydrogen-bond donors (Lipinski definition) is 0. The average Bonchev–Trinajstić information content (AvgIpc) is 2.99. The lowest BCUT2D eigenvalue weighted by molar-refractivity contribution is 0.416. The second-order valence-corrected chi connectivity index (χ2v) is 4.57. The first-order valence-corrected chi connectivity index (χ1v) is 6.60. The van der Waals surface area contributed by atoms with Crippen LogP contribution in [-0.4, -0.2) is 16.5 Å². The number of pyridine rings is 1. The van der Waals surface area contributed by atoms with Gasteiger partial charge in [-0.1, -0.05) is 26.0 Å².